The monoisotopic (exact) mass is 328 g/mol. The van der Waals surface area contributed by atoms with Crippen LogP contribution < -0.4 is 20.1 Å². The van der Waals surface area contributed by atoms with Gasteiger partial charge in [-0.25, -0.2) is 13.4 Å². The summed E-state index contributed by atoms with van der Waals surface area (Å²) in [5.74, 6) is 1.43. The molecule has 0 fully saturated rings. The number of hydrogen-bond acceptors (Lipinski definition) is 4. The summed E-state index contributed by atoms with van der Waals surface area (Å²) < 4.78 is 30.2. The Morgan fingerprint density at radius 3 is 2.23 bits per heavy atom. The first-order valence-electron chi connectivity index (χ1n) is 7.17. The fraction of sp³-hybridized carbons (Fsp3) is 0.500. The number of hydrogen-bond donors (Lipinski definition) is 3. The summed E-state index contributed by atoms with van der Waals surface area (Å²) in [5, 5.41) is 6.26. The smallest absolute Gasteiger partial charge is 0.229 e. The Labute approximate surface area is 132 Å². The molecule has 1 aromatic rings. The molecule has 0 aliphatic carbocycles. The molecule has 7 nitrogen and oxygen atoms in total. The predicted molar refractivity (Wildman–Crippen MR) is 90.1 cm³/mol. The van der Waals surface area contributed by atoms with Crippen molar-refractivity contribution in [2.45, 2.75) is 13.8 Å². The van der Waals surface area contributed by atoms with Crippen molar-refractivity contribution < 1.29 is 13.2 Å². The van der Waals surface area contributed by atoms with Crippen LogP contribution in [0.3, 0.4) is 0 Å². The quantitative estimate of drug-likeness (QED) is 0.376. The van der Waals surface area contributed by atoms with Crippen LogP contribution in [0, 0.1) is 0 Å². The van der Waals surface area contributed by atoms with Gasteiger partial charge in [0.15, 0.2) is 5.96 Å². The number of benzene rings is 1. The lowest BCUT2D eigenvalue weighted by Gasteiger charge is -2.10. The molecular weight excluding hydrogens is 304 g/mol. The number of nitrogens with one attached hydrogen (secondary N) is 3. The van der Waals surface area contributed by atoms with Crippen molar-refractivity contribution >= 4 is 21.7 Å². The van der Waals surface area contributed by atoms with E-state index in [1.165, 1.54) is 0 Å². The summed E-state index contributed by atoms with van der Waals surface area (Å²) in [6.07, 6.45) is 1.11. The molecule has 124 valence electrons. The summed E-state index contributed by atoms with van der Waals surface area (Å²) in [6.45, 7) is 6.60. The summed E-state index contributed by atoms with van der Waals surface area (Å²) in [4.78, 5) is 4.36. The molecule has 0 aromatic heterocycles. The van der Waals surface area contributed by atoms with Crippen LogP contribution in [0.5, 0.6) is 5.75 Å². The molecular formula is C14H24N4O3S. The van der Waals surface area contributed by atoms with Gasteiger partial charge in [-0.1, -0.05) is 0 Å². The standard InChI is InChI=1S/C14H24N4O3S/c1-4-15-14(16-5-2)17-10-11-21-13-8-6-12(7-9-13)18-22(3,19)20/h6-9,18H,4-5,10-11H2,1-3H3,(H2,15,16,17). The number of sulfonamides is 1. The zero-order valence-electron chi connectivity index (χ0n) is 13.2. The van der Waals surface area contributed by atoms with Gasteiger partial charge in [-0.2, -0.15) is 0 Å². The molecule has 0 radical (unpaired) electrons. The minimum absolute atomic E-state index is 0.444. The lowest BCUT2D eigenvalue weighted by Crippen LogP contribution is -2.37. The summed E-state index contributed by atoms with van der Waals surface area (Å²) in [7, 11) is -3.25. The zero-order chi connectivity index (χ0) is 16.4. The van der Waals surface area contributed by atoms with Crippen molar-refractivity contribution in [3.8, 4) is 5.75 Å². The molecule has 0 bridgehead atoms. The second-order valence-electron chi connectivity index (χ2n) is 4.54. The largest absolute Gasteiger partial charge is 0.492 e. The highest BCUT2D eigenvalue weighted by Crippen LogP contribution is 2.16. The SMILES string of the molecule is CCNC(=NCCOc1ccc(NS(C)(=O)=O)cc1)NCC. The van der Waals surface area contributed by atoms with E-state index in [9.17, 15) is 8.42 Å². The van der Waals surface area contributed by atoms with Crippen molar-refractivity contribution in [1.82, 2.24) is 10.6 Å². The molecule has 0 atom stereocenters. The highest BCUT2D eigenvalue weighted by atomic mass is 32.2. The fourth-order valence-electron chi connectivity index (χ4n) is 1.66. The van der Waals surface area contributed by atoms with Gasteiger partial charge in [-0.3, -0.25) is 4.72 Å². The van der Waals surface area contributed by atoms with Crippen molar-refractivity contribution in [3.63, 3.8) is 0 Å². The third kappa shape index (κ3) is 7.72. The van der Waals surface area contributed by atoms with Crippen LogP contribution >= 0.6 is 0 Å². The van der Waals surface area contributed by atoms with Gasteiger partial charge >= 0.3 is 0 Å². The highest BCUT2D eigenvalue weighted by Gasteiger charge is 2.01. The van der Waals surface area contributed by atoms with Crippen LogP contribution in [-0.2, 0) is 10.0 Å². The van der Waals surface area contributed by atoms with Crippen LogP contribution in [0.4, 0.5) is 5.69 Å². The molecule has 0 unspecified atom stereocenters. The van der Waals surface area contributed by atoms with Gasteiger partial charge in [0.05, 0.1) is 12.8 Å². The number of ether oxygens (including phenoxy) is 1. The zero-order valence-corrected chi connectivity index (χ0v) is 14.0. The second kappa shape index (κ2) is 9.14. The first-order valence-corrected chi connectivity index (χ1v) is 9.06. The maximum absolute atomic E-state index is 11.1. The van der Waals surface area contributed by atoms with E-state index in [-0.39, 0.29) is 0 Å². The number of rotatable bonds is 8. The fourth-order valence-corrected chi connectivity index (χ4v) is 2.23. The number of guanidine groups is 1. The van der Waals surface area contributed by atoms with Gasteiger partial charge in [0.25, 0.3) is 0 Å². The Hall–Kier alpha value is -1.96. The maximum Gasteiger partial charge on any atom is 0.229 e. The normalized spacial score (nSPS) is 10.7. The van der Waals surface area contributed by atoms with Crippen LogP contribution in [0.2, 0.25) is 0 Å². The Morgan fingerprint density at radius 1 is 1.14 bits per heavy atom. The van der Waals surface area contributed by atoms with Crippen molar-refractivity contribution in [2.24, 2.45) is 4.99 Å². The third-order valence-corrected chi connectivity index (χ3v) is 3.08. The first kappa shape index (κ1) is 18.1. The molecule has 0 saturated heterocycles. The molecule has 0 aliphatic heterocycles. The highest BCUT2D eigenvalue weighted by molar-refractivity contribution is 7.92. The Balaban J connectivity index is 2.43. The third-order valence-electron chi connectivity index (χ3n) is 2.48. The Kier molecular flexibility index (Phi) is 7.51. The minimum atomic E-state index is -3.25. The van der Waals surface area contributed by atoms with E-state index in [0.717, 1.165) is 25.3 Å². The van der Waals surface area contributed by atoms with Gasteiger partial charge in [0.1, 0.15) is 12.4 Å². The lowest BCUT2D eigenvalue weighted by atomic mass is 10.3. The molecule has 3 N–H and O–H groups in total. The minimum Gasteiger partial charge on any atom is -0.492 e. The summed E-state index contributed by atoms with van der Waals surface area (Å²) in [5.41, 5.74) is 0.509. The molecule has 0 aliphatic rings. The molecule has 8 heteroatoms. The number of nitrogens with zero attached hydrogens (tertiary/aromatic N) is 1. The number of anilines is 1. The van der Waals surface area contributed by atoms with Crippen LogP contribution in [0.25, 0.3) is 0 Å². The molecule has 1 rings (SSSR count). The molecule has 0 saturated carbocycles. The Morgan fingerprint density at radius 2 is 1.73 bits per heavy atom. The topological polar surface area (TPSA) is 91.8 Å². The van der Waals surface area contributed by atoms with E-state index >= 15 is 0 Å². The first-order chi connectivity index (χ1) is 10.4. The lowest BCUT2D eigenvalue weighted by molar-refractivity contribution is 0.328. The molecule has 0 heterocycles. The van der Waals surface area contributed by atoms with E-state index < -0.39 is 10.0 Å². The number of aliphatic imine (C=N–C) groups is 1. The van der Waals surface area contributed by atoms with Gasteiger partial charge in [-0.05, 0) is 38.1 Å². The van der Waals surface area contributed by atoms with Crippen LogP contribution in [0.15, 0.2) is 29.3 Å². The molecule has 0 spiro atoms. The molecule has 22 heavy (non-hydrogen) atoms. The summed E-state index contributed by atoms with van der Waals surface area (Å²) >= 11 is 0. The van der Waals surface area contributed by atoms with Gasteiger partial charge in [0, 0.05) is 18.8 Å². The van der Waals surface area contributed by atoms with Gasteiger partial charge in [0.2, 0.25) is 10.0 Å². The van der Waals surface area contributed by atoms with Crippen molar-refractivity contribution in [1.29, 1.82) is 0 Å². The predicted octanol–water partition coefficient (Wildman–Crippen LogP) is 1.01. The average molecular weight is 328 g/mol. The van der Waals surface area contributed by atoms with Crippen LogP contribution in [0.1, 0.15) is 13.8 Å². The van der Waals surface area contributed by atoms with Gasteiger partial charge in [-0.15, -0.1) is 0 Å². The van der Waals surface area contributed by atoms with Gasteiger partial charge < -0.3 is 15.4 Å². The van der Waals surface area contributed by atoms with E-state index in [2.05, 4.69) is 20.3 Å². The van der Waals surface area contributed by atoms with Crippen molar-refractivity contribution in [2.75, 3.05) is 37.2 Å². The molecule has 0 amide bonds. The van der Waals surface area contributed by atoms with Crippen molar-refractivity contribution in [3.05, 3.63) is 24.3 Å². The van der Waals surface area contributed by atoms with E-state index in [1.54, 1.807) is 24.3 Å². The van der Waals surface area contributed by atoms with E-state index in [0.29, 0.717) is 24.6 Å². The van der Waals surface area contributed by atoms with E-state index in [4.69, 9.17) is 4.74 Å². The maximum atomic E-state index is 11.1. The summed E-state index contributed by atoms with van der Waals surface area (Å²) in [6, 6.07) is 6.74. The average Bonchev–Trinajstić information content (AvgIpc) is 2.44. The Bertz CT molecular complexity index is 562. The van der Waals surface area contributed by atoms with E-state index in [1.807, 2.05) is 13.8 Å². The molecule has 1 aromatic carbocycles. The second-order valence-corrected chi connectivity index (χ2v) is 6.29. The van der Waals surface area contributed by atoms with Crippen LogP contribution in [-0.4, -0.2) is 46.9 Å².